The van der Waals surface area contributed by atoms with E-state index in [4.69, 9.17) is 16.7 Å². The summed E-state index contributed by atoms with van der Waals surface area (Å²) < 4.78 is 0. The van der Waals surface area contributed by atoms with Crippen LogP contribution >= 0.6 is 11.6 Å². The Morgan fingerprint density at radius 2 is 2.12 bits per heavy atom. The number of benzene rings is 1. The van der Waals surface area contributed by atoms with Gasteiger partial charge in [0.15, 0.2) is 0 Å². The Hall–Kier alpha value is -0.570. The molecule has 3 heteroatoms. The number of aliphatic hydroxyl groups is 1. The second kappa shape index (κ2) is 7.70. The Kier molecular flexibility index (Phi) is 6.56. The fraction of sp³-hybridized carbons (Fsp3) is 0.571. The van der Waals surface area contributed by atoms with E-state index in [0.29, 0.717) is 12.0 Å². The molecule has 2 N–H and O–H groups in total. The van der Waals surface area contributed by atoms with Crippen LogP contribution in [-0.4, -0.2) is 18.3 Å². The van der Waals surface area contributed by atoms with E-state index in [1.165, 1.54) is 5.56 Å². The number of hydrogen-bond donors (Lipinski definition) is 2. The van der Waals surface area contributed by atoms with Crippen molar-refractivity contribution >= 4 is 11.6 Å². The molecule has 0 aromatic heterocycles. The normalized spacial score (nSPS) is 14.6. The molecule has 0 bridgehead atoms. The number of aliphatic hydroxyl groups excluding tert-OH is 1. The lowest BCUT2D eigenvalue weighted by Crippen LogP contribution is -2.20. The topological polar surface area (TPSA) is 32.3 Å². The number of halogens is 1. The van der Waals surface area contributed by atoms with Gasteiger partial charge in [-0.3, -0.25) is 0 Å². The monoisotopic (exact) mass is 255 g/mol. The molecule has 0 aliphatic rings. The van der Waals surface area contributed by atoms with E-state index < -0.39 is 0 Å². The van der Waals surface area contributed by atoms with Crippen molar-refractivity contribution in [2.24, 2.45) is 5.92 Å². The van der Waals surface area contributed by atoms with Gasteiger partial charge in [0.2, 0.25) is 0 Å². The quantitative estimate of drug-likeness (QED) is 0.732. The van der Waals surface area contributed by atoms with Gasteiger partial charge in [-0.1, -0.05) is 30.7 Å². The molecule has 2 unspecified atom stereocenters. The fourth-order valence-electron chi connectivity index (χ4n) is 1.75. The van der Waals surface area contributed by atoms with Gasteiger partial charge in [0.05, 0.1) is 0 Å². The summed E-state index contributed by atoms with van der Waals surface area (Å²) in [6.45, 7) is 5.46. The summed E-state index contributed by atoms with van der Waals surface area (Å²) in [5, 5.41) is 13.2. The molecule has 0 aliphatic heterocycles. The van der Waals surface area contributed by atoms with Crippen LogP contribution in [0.3, 0.4) is 0 Å². The third-order valence-corrected chi connectivity index (χ3v) is 3.22. The lowest BCUT2D eigenvalue weighted by atomic mass is 10.1. The van der Waals surface area contributed by atoms with Crippen LogP contribution in [0.1, 0.15) is 38.3 Å². The summed E-state index contributed by atoms with van der Waals surface area (Å²) in [6.07, 6.45) is 2.15. The summed E-state index contributed by atoms with van der Waals surface area (Å²) in [5.41, 5.74) is 1.22. The maximum absolute atomic E-state index is 8.92. The van der Waals surface area contributed by atoms with Crippen molar-refractivity contribution in [2.45, 2.75) is 32.7 Å². The van der Waals surface area contributed by atoms with Gasteiger partial charge in [0, 0.05) is 17.7 Å². The van der Waals surface area contributed by atoms with E-state index >= 15 is 0 Å². The van der Waals surface area contributed by atoms with Crippen LogP contribution in [0, 0.1) is 5.92 Å². The zero-order valence-electron chi connectivity index (χ0n) is 10.6. The van der Waals surface area contributed by atoms with Gasteiger partial charge in [-0.15, -0.1) is 0 Å². The molecule has 0 saturated carbocycles. The molecule has 0 amide bonds. The summed E-state index contributed by atoms with van der Waals surface area (Å²) in [4.78, 5) is 0. The van der Waals surface area contributed by atoms with Crippen LogP contribution in [0.15, 0.2) is 24.3 Å². The zero-order valence-corrected chi connectivity index (χ0v) is 11.4. The Labute approximate surface area is 109 Å². The van der Waals surface area contributed by atoms with Gasteiger partial charge in [-0.25, -0.2) is 0 Å². The molecule has 0 radical (unpaired) electrons. The van der Waals surface area contributed by atoms with Crippen molar-refractivity contribution in [3.8, 4) is 0 Å². The first kappa shape index (κ1) is 14.5. The molecule has 0 spiro atoms. The second-order valence-electron chi connectivity index (χ2n) is 4.66. The van der Waals surface area contributed by atoms with E-state index in [0.717, 1.165) is 24.4 Å². The third-order valence-electron chi connectivity index (χ3n) is 2.98. The highest BCUT2D eigenvalue weighted by molar-refractivity contribution is 6.30. The Morgan fingerprint density at radius 1 is 1.35 bits per heavy atom. The predicted octanol–water partition coefficient (Wildman–Crippen LogP) is 3.40. The lowest BCUT2D eigenvalue weighted by Gasteiger charge is -2.15. The SMILES string of the molecule is CC(CO)CCCNC(C)c1cccc(Cl)c1. The number of rotatable bonds is 7. The molecule has 1 rings (SSSR count). The molecule has 17 heavy (non-hydrogen) atoms. The fourth-order valence-corrected chi connectivity index (χ4v) is 1.95. The van der Waals surface area contributed by atoms with Gasteiger partial charge in [-0.05, 0) is 49.9 Å². The van der Waals surface area contributed by atoms with Gasteiger partial charge < -0.3 is 10.4 Å². The van der Waals surface area contributed by atoms with E-state index in [1.807, 2.05) is 18.2 Å². The molecule has 0 aliphatic carbocycles. The highest BCUT2D eigenvalue weighted by Crippen LogP contribution is 2.17. The van der Waals surface area contributed by atoms with Crippen molar-refractivity contribution in [2.75, 3.05) is 13.2 Å². The van der Waals surface area contributed by atoms with E-state index in [-0.39, 0.29) is 6.61 Å². The molecule has 2 nitrogen and oxygen atoms in total. The Balaban J connectivity index is 2.28. The van der Waals surface area contributed by atoms with Gasteiger partial charge in [-0.2, -0.15) is 0 Å². The van der Waals surface area contributed by atoms with Gasteiger partial charge >= 0.3 is 0 Å². The third kappa shape index (κ3) is 5.53. The summed E-state index contributed by atoms with van der Waals surface area (Å²) in [5.74, 6) is 0.401. The van der Waals surface area contributed by atoms with Crippen molar-refractivity contribution in [1.82, 2.24) is 5.32 Å². The largest absolute Gasteiger partial charge is 0.396 e. The summed E-state index contributed by atoms with van der Waals surface area (Å²) in [6, 6.07) is 8.26. The van der Waals surface area contributed by atoms with Crippen molar-refractivity contribution in [1.29, 1.82) is 0 Å². The minimum absolute atomic E-state index is 0.282. The minimum Gasteiger partial charge on any atom is -0.396 e. The van der Waals surface area contributed by atoms with Gasteiger partial charge in [0.1, 0.15) is 0 Å². The number of hydrogen-bond acceptors (Lipinski definition) is 2. The van der Waals surface area contributed by atoms with Crippen LogP contribution < -0.4 is 5.32 Å². The predicted molar refractivity (Wildman–Crippen MR) is 73.4 cm³/mol. The highest BCUT2D eigenvalue weighted by atomic mass is 35.5. The summed E-state index contributed by atoms with van der Waals surface area (Å²) in [7, 11) is 0. The minimum atomic E-state index is 0.282. The standard InChI is InChI=1S/C14H22ClNO/c1-11(10-17)5-4-8-16-12(2)13-6-3-7-14(15)9-13/h3,6-7,9,11-12,16-17H,4-5,8,10H2,1-2H3. The first-order valence-electron chi connectivity index (χ1n) is 6.23. The molecule has 2 atom stereocenters. The molecule has 1 aromatic carbocycles. The maximum Gasteiger partial charge on any atom is 0.0456 e. The number of nitrogens with one attached hydrogen (secondary N) is 1. The average Bonchev–Trinajstić information content (AvgIpc) is 2.34. The van der Waals surface area contributed by atoms with E-state index in [9.17, 15) is 0 Å². The summed E-state index contributed by atoms with van der Waals surface area (Å²) >= 11 is 5.96. The maximum atomic E-state index is 8.92. The van der Waals surface area contributed by atoms with Crippen molar-refractivity contribution < 1.29 is 5.11 Å². The van der Waals surface area contributed by atoms with Gasteiger partial charge in [0.25, 0.3) is 0 Å². The first-order valence-corrected chi connectivity index (χ1v) is 6.61. The second-order valence-corrected chi connectivity index (χ2v) is 5.10. The Bertz CT molecular complexity index is 330. The zero-order chi connectivity index (χ0) is 12.7. The molecular weight excluding hydrogens is 234 g/mol. The molecule has 96 valence electrons. The van der Waals surface area contributed by atoms with Crippen molar-refractivity contribution in [3.05, 3.63) is 34.9 Å². The molecular formula is C14H22ClNO. The molecule has 0 heterocycles. The van der Waals surface area contributed by atoms with Crippen LogP contribution in [-0.2, 0) is 0 Å². The molecule has 1 aromatic rings. The van der Waals surface area contributed by atoms with Crippen LogP contribution in [0.4, 0.5) is 0 Å². The highest BCUT2D eigenvalue weighted by Gasteiger charge is 2.05. The van der Waals surface area contributed by atoms with E-state index in [2.05, 4.69) is 25.2 Å². The molecule has 0 saturated heterocycles. The average molecular weight is 256 g/mol. The lowest BCUT2D eigenvalue weighted by molar-refractivity contribution is 0.227. The van der Waals surface area contributed by atoms with E-state index in [1.54, 1.807) is 0 Å². The Morgan fingerprint density at radius 3 is 2.76 bits per heavy atom. The molecule has 0 fully saturated rings. The van der Waals surface area contributed by atoms with Crippen LogP contribution in [0.25, 0.3) is 0 Å². The smallest absolute Gasteiger partial charge is 0.0456 e. The van der Waals surface area contributed by atoms with Crippen LogP contribution in [0.2, 0.25) is 5.02 Å². The van der Waals surface area contributed by atoms with Crippen LogP contribution in [0.5, 0.6) is 0 Å². The first-order chi connectivity index (χ1) is 8.13. The van der Waals surface area contributed by atoms with Crippen molar-refractivity contribution in [3.63, 3.8) is 0 Å².